The number of aromatic amines is 1. The highest BCUT2D eigenvalue weighted by Gasteiger charge is 2.25. The number of aryl methyl sites for hydroxylation is 1. The lowest BCUT2D eigenvalue weighted by Gasteiger charge is -2.08. The number of rotatable bonds is 7. The number of hydrogen-bond acceptors (Lipinski definition) is 6. The molecule has 1 aromatic heterocycles. The van der Waals surface area contributed by atoms with E-state index in [4.69, 9.17) is 14.2 Å². The Labute approximate surface area is 157 Å². The molecule has 0 amide bonds. The van der Waals surface area contributed by atoms with Gasteiger partial charge in [0.1, 0.15) is 11.4 Å². The molecule has 0 aliphatic rings. The van der Waals surface area contributed by atoms with Gasteiger partial charge in [-0.1, -0.05) is 0 Å². The van der Waals surface area contributed by atoms with Crippen LogP contribution in [0.15, 0.2) is 24.3 Å². The molecule has 1 aromatic carbocycles. The molecule has 0 saturated carbocycles. The number of ether oxygens (including phenoxy) is 3. The van der Waals surface area contributed by atoms with E-state index in [2.05, 4.69) is 4.98 Å². The van der Waals surface area contributed by atoms with Gasteiger partial charge in [-0.3, -0.25) is 4.79 Å². The SMILES string of the molecule is COc1ccc(C(=O)COC(=O)c2[nH]c(C)c(C(=O)OC(C)C)c2C)cc1. The van der Waals surface area contributed by atoms with Crippen LogP contribution in [0.5, 0.6) is 5.75 Å². The molecule has 0 unspecified atom stereocenters. The predicted molar refractivity (Wildman–Crippen MR) is 98.4 cm³/mol. The molecule has 1 heterocycles. The highest BCUT2D eigenvalue weighted by molar-refractivity contribution is 6.01. The molecule has 0 fully saturated rings. The average Bonchev–Trinajstić information content (AvgIpc) is 2.93. The van der Waals surface area contributed by atoms with Gasteiger partial charge in [0.25, 0.3) is 0 Å². The van der Waals surface area contributed by atoms with Crippen molar-refractivity contribution in [2.24, 2.45) is 0 Å². The first-order valence-electron chi connectivity index (χ1n) is 8.49. The minimum Gasteiger partial charge on any atom is -0.497 e. The van der Waals surface area contributed by atoms with Gasteiger partial charge in [0.05, 0.1) is 18.8 Å². The molecule has 0 radical (unpaired) electrons. The lowest BCUT2D eigenvalue weighted by molar-refractivity contribution is 0.0376. The monoisotopic (exact) mass is 373 g/mol. The fourth-order valence-electron chi connectivity index (χ4n) is 2.60. The van der Waals surface area contributed by atoms with Gasteiger partial charge in [0.2, 0.25) is 0 Å². The first-order chi connectivity index (χ1) is 12.7. The van der Waals surface area contributed by atoms with Crippen LogP contribution in [-0.2, 0) is 9.47 Å². The summed E-state index contributed by atoms with van der Waals surface area (Å²) in [5.41, 5.74) is 1.78. The molecule has 2 aromatic rings. The average molecular weight is 373 g/mol. The summed E-state index contributed by atoms with van der Waals surface area (Å²) in [6.45, 7) is 6.38. The van der Waals surface area contributed by atoms with E-state index in [1.165, 1.54) is 7.11 Å². The number of hydrogen-bond donors (Lipinski definition) is 1. The summed E-state index contributed by atoms with van der Waals surface area (Å²) in [6.07, 6.45) is -0.274. The number of carbonyl (C=O) groups is 3. The Balaban J connectivity index is 2.07. The first kappa shape index (κ1) is 20.2. The number of H-pyrrole nitrogens is 1. The molecule has 0 atom stereocenters. The lowest BCUT2D eigenvalue weighted by Crippen LogP contribution is -2.16. The summed E-state index contributed by atoms with van der Waals surface area (Å²) in [6, 6.07) is 6.50. The third-order valence-electron chi connectivity index (χ3n) is 3.93. The second-order valence-corrected chi connectivity index (χ2v) is 6.31. The third kappa shape index (κ3) is 4.75. The van der Waals surface area contributed by atoms with Crippen LogP contribution in [0.4, 0.5) is 0 Å². The fraction of sp³-hybridized carbons (Fsp3) is 0.350. The Bertz CT molecular complexity index is 848. The number of aromatic nitrogens is 1. The quantitative estimate of drug-likeness (QED) is 0.591. The van der Waals surface area contributed by atoms with Gasteiger partial charge in [0.15, 0.2) is 12.4 Å². The van der Waals surface area contributed by atoms with Crippen molar-refractivity contribution in [1.29, 1.82) is 0 Å². The normalized spacial score (nSPS) is 10.6. The van der Waals surface area contributed by atoms with Crippen molar-refractivity contribution >= 4 is 17.7 Å². The highest BCUT2D eigenvalue weighted by Crippen LogP contribution is 2.20. The van der Waals surface area contributed by atoms with E-state index in [1.807, 2.05) is 0 Å². The molecule has 7 heteroatoms. The molecule has 1 N–H and O–H groups in total. The Morgan fingerprint density at radius 1 is 1.04 bits per heavy atom. The molecular formula is C20H23NO6. The van der Waals surface area contributed by atoms with Gasteiger partial charge in [-0.05, 0) is 57.5 Å². The smallest absolute Gasteiger partial charge is 0.355 e. The maximum Gasteiger partial charge on any atom is 0.355 e. The Kier molecular flexibility index (Phi) is 6.39. The van der Waals surface area contributed by atoms with Crippen molar-refractivity contribution in [3.63, 3.8) is 0 Å². The zero-order valence-electron chi connectivity index (χ0n) is 16.0. The van der Waals surface area contributed by atoms with Crippen molar-refractivity contribution in [2.75, 3.05) is 13.7 Å². The van der Waals surface area contributed by atoms with Crippen LogP contribution in [0, 0.1) is 13.8 Å². The van der Waals surface area contributed by atoms with Crippen LogP contribution >= 0.6 is 0 Å². The zero-order valence-corrected chi connectivity index (χ0v) is 16.0. The summed E-state index contributed by atoms with van der Waals surface area (Å²) in [5, 5.41) is 0. The molecule has 0 aliphatic heterocycles. The molecule has 27 heavy (non-hydrogen) atoms. The molecule has 2 rings (SSSR count). The summed E-state index contributed by atoms with van der Waals surface area (Å²) < 4.78 is 15.3. The number of methoxy groups -OCH3 is 1. The summed E-state index contributed by atoms with van der Waals surface area (Å²) in [4.78, 5) is 39.5. The summed E-state index contributed by atoms with van der Waals surface area (Å²) in [7, 11) is 1.53. The van der Waals surface area contributed by atoms with Crippen LogP contribution in [0.3, 0.4) is 0 Å². The van der Waals surface area contributed by atoms with Crippen molar-refractivity contribution in [1.82, 2.24) is 4.98 Å². The largest absolute Gasteiger partial charge is 0.497 e. The molecule has 7 nitrogen and oxygen atoms in total. The zero-order chi connectivity index (χ0) is 20.1. The van der Waals surface area contributed by atoms with Crippen LogP contribution < -0.4 is 4.74 Å². The minimum atomic E-state index is -0.707. The van der Waals surface area contributed by atoms with E-state index in [-0.39, 0.29) is 17.6 Å². The molecule has 0 bridgehead atoms. The van der Waals surface area contributed by atoms with Crippen LogP contribution in [0.25, 0.3) is 0 Å². The number of esters is 2. The summed E-state index contributed by atoms with van der Waals surface area (Å²) >= 11 is 0. The molecule has 144 valence electrons. The second-order valence-electron chi connectivity index (χ2n) is 6.31. The molecule has 0 saturated heterocycles. The number of nitrogens with one attached hydrogen (secondary N) is 1. The van der Waals surface area contributed by atoms with Gasteiger partial charge in [0, 0.05) is 11.3 Å². The molecular weight excluding hydrogens is 350 g/mol. The van der Waals surface area contributed by atoms with E-state index in [9.17, 15) is 14.4 Å². The Morgan fingerprint density at radius 2 is 1.67 bits per heavy atom. The standard InChI is InChI=1S/C20H23NO6/c1-11(2)27-19(23)17-12(3)18(21-13(17)4)20(24)26-10-16(22)14-6-8-15(25-5)9-7-14/h6-9,11,21H,10H2,1-5H3. The van der Waals surface area contributed by atoms with Crippen molar-refractivity contribution in [2.45, 2.75) is 33.8 Å². The van der Waals surface area contributed by atoms with Crippen molar-refractivity contribution in [3.8, 4) is 5.75 Å². The topological polar surface area (TPSA) is 94.7 Å². The molecule has 0 aliphatic carbocycles. The van der Waals surface area contributed by atoms with Gasteiger partial charge in [-0.25, -0.2) is 9.59 Å². The van der Waals surface area contributed by atoms with Gasteiger partial charge >= 0.3 is 11.9 Å². The fourth-order valence-corrected chi connectivity index (χ4v) is 2.60. The van der Waals surface area contributed by atoms with E-state index in [0.717, 1.165) is 0 Å². The van der Waals surface area contributed by atoms with Crippen molar-refractivity contribution in [3.05, 3.63) is 52.3 Å². The van der Waals surface area contributed by atoms with Gasteiger partial charge in [-0.2, -0.15) is 0 Å². The first-order valence-corrected chi connectivity index (χ1v) is 8.49. The van der Waals surface area contributed by atoms with E-state index in [0.29, 0.717) is 28.1 Å². The molecule has 0 spiro atoms. The Hall–Kier alpha value is -3.09. The third-order valence-corrected chi connectivity index (χ3v) is 3.93. The van der Waals surface area contributed by atoms with E-state index in [1.54, 1.807) is 52.0 Å². The number of Topliss-reactive ketones (excluding diaryl/α,β-unsaturated/α-hetero) is 1. The lowest BCUT2D eigenvalue weighted by atomic mass is 10.1. The second kappa shape index (κ2) is 8.53. The number of benzene rings is 1. The van der Waals surface area contributed by atoms with Crippen molar-refractivity contribution < 1.29 is 28.6 Å². The number of ketones is 1. The van der Waals surface area contributed by atoms with E-state index >= 15 is 0 Å². The van der Waals surface area contributed by atoms with Gasteiger partial charge < -0.3 is 19.2 Å². The predicted octanol–water partition coefficient (Wildman–Crippen LogP) is 3.25. The van der Waals surface area contributed by atoms with Gasteiger partial charge in [-0.15, -0.1) is 0 Å². The maximum atomic E-state index is 12.3. The minimum absolute atomic E-state index is 0.130. The van der Waals surface area contributed by atoms with Crippen LogP contribution in [0.2, 0.25) is 0 Å². The summed E-state index contributed by atoms with van der Waals surface area (Å²) in [5.74, 6) is -0.932. The van der Waals surface area contributed by atoms with E-state index < -0.39 is 18.5 Å². The highest BCUT2D eigenvalue weighted by atomic mass is 16.5. The van der Waals surface area contributed by atoms with Crippen LogP contribution in [-0.4, -0.2) is 42.5 Å². The van der Waals surface area contributed by atoms with Crippen LogP contribution in [0.1, 0.15) is 56.3 Å². The number of carbonyl (C=O) groups excluding carboxylic acids is 3. The maximum absolute atomic E-state index is 12.3. The Morgan fingerprint density at radius 3 is 2.22 bits per heavy atom.